The standard InChI is InChI=1S/C15H13BrClF2N/c16-14-9(3-2-6-13(14)18)7-11(20)8-10-4-1-5-12(17)15(10)19/h1-6,11H,7-8,20H2. The Hall–Kier alpha value is -0.970. The maximum atomic E-state index is 13.8. The number of hydrogen-bond donors (Lipinski definition) is 1. The number of rotatable bonds is 4. The van der Waals surface area contributed by atoms with Crippen molar-refractivity contribution in [2.75, 3.05) is 0 Å². The molecule has 5 heteroatoms. The third kappa shape index (κ3) is 3.57. The quantitative estimate of drug-likeness (QED) is 0.854. The molecule has 1 atom stereocenters. The number of hydrogen-bond acceptors (Lipinski definition) is 1. The summed E-state index contributed by atoms with van der Waals surface area (Å²) in [5.74, 6) is -0.772. The van der Waals surface area contributed by atoms with E-state index in [2.05, 4.69) is 15.9 Å². The van der Waals surface area contributed by atoms with Crippen LogP contribution in [-0.4, -0.2) is 6.04 Å². The monoisotopic (exact) mass is 359 g/mol. The van der Waals surface area contributed by atoms with E-state index in [0.29, 0.717) is 22.9 Å². The summed E-state index contributed by atoms with van der Waals surface area (Å²) in [6.45, 7) is 0. The second-order valence-electron chi connectivity index (χ2n) is 4.59. The molecule has 0 saturated heterocycles. The first-order chi connectivity index (χ1) is 9.49. The molecule has 0 aliphatic rings. The SMILES string of the molecule is NC(Cc1cccc(Cl)c1F)Cc1cccc(F)c1Br. The van der Waals surface area contributed by atoms with E-state index in [-0.39, 0.29) is 16.9 Å². The summed E-state index contributed by atoms with van der Waals surface area (Å²) in [6, 6.07) is 9.31. The molecule has 2 N–H and O–H groups in total. The van der Waals surface area contributed by atoms with Gasteiger partial charge in [-0.25, -0.2) is 8.78 Å². The Kier molecular flexibility index (Phi) is 5.13. The molecule has 0 bridgehead atoms. The Labute approximate surface area is 129 Å². The van der Waals surface area contributed by atoms with Crippen molar-refractivity contribution in [1.29, 1.82) is 0 Å². The summed E-state index contributed by atoms with van der Waals surface area (Å²) in [5.41, 5.74) is 7.26. The van der Waals surface area contributed by atoms with E-state index >= 15 is 0 Å². The molecule has 2 aromatic carbocycles. The molecule has 0 radical (unpaired) electrons. The third-order valence-corrected chi connectivity index (χ3v) is 4.21. The average Bonchev–Trinajstić information content (AvgIpc) is 2.40. The molecule has 1 unspecified atom stereocenters. The largest absolute Gasteiger partial charge is 0.327 e. The molecule has 0 aromatic heterocycles. The van der Waals surface area contributed by atoms with Gasteiger partial charge in [0.15, 0.2) is 0 Å². The topological polar surface area (TPSA) is 26.0 Å². The Bertz CT molecular complexity index is 565. The highest BCUT2D eigenvalue weighted by molar-refractivity contribution is 9.10. The van der Waals surface area contributed by atoms with E-state index in [0.717, 1.165) is 5.56 Å². The molecule has 0 aliphatic heterocycles. The molecule has 1 nitrogen and oxygen atoms in total. The van der Waals surface area contributed by atoms with Gasteiger partial charge in [0.05, 0.1) is 9.50 Å². The highest BCUT2D eigenvalue weighted by Gasteiger charge is 2.13. The van der Waals surface area contributed by atoms with Gasteiger partial charge in [-0.15, -0.1) is 0 Å². The fraction of sp³-hybridized carbons (Fsp3) is 0.200. The lowest BCUT2D eigenvalue weighted by Crippen LogP contribution is -2.26. The smallest absolute Gasteiger partial charge is 0.145 e. The van der Waals surface area contributed by atoms with Crippen molar-refractivity contribution in [1.82, 2.24) is 0 Å². The number of halogens is 4. The second-order valence-corrected chi connectivity index (χ2v) is 5.79. The Balaban J connectivity index is 2.11. The molecule has 106 valence electrons. The van der Waals surface area contributed by atoms with Crippen LogP contribution in [0.2, 0.25) is 5.02 Å². The van der Waals surface area contributed by atoms with Crippen LogP contribution in [0.15, 0.2) is 40.9 Å². The first-order valence-electron chi connectivity index (χ1n) is 6.10. The third-order valence-electron chi connectivity index (χ3n) is 3.03. The van der Waals surface area contributed by atoms with Crippen LogP contribution in [0.5, 0.6) is 0 Å². The lowest BCUT2D eigenvalue weighted by Gasteiger charge is -2.14. The Morgan fingerprint density at radius 1 is 1.05 bits per heavy atom. The zero-order valence-corrected chi connectivity index (χ0v) is 12.9. The molecule has 0 amide bonds. The van der Waals surface area contributed by atoms with Gasteiger partial charge >= 0.3 is 0 Å². The zero-order chi connectivity index (χ0) is 14.7. The summed E-state index contributed by atoms with van der Waals surface area (Å²) in [4.78, 5) is 0. The lowest BCUT2D eigenvalue weighted by atomic mass is 9.99. The summed E-state index contributed by atoms with van der Waals surface area (Å²) in [7, 11) is 0. The van der Waals surface area contributed by atoms with Gasteiger partial charge in [-0.1, -0.05) is 35.9 Å². The van der Waals surface area contributed by atoms with Crippen molar-refractivity contribution in [3.63, 3.8) is 0 Å². The molecule has 0 spiro atoms. The molecular formula is C15H13BrClF2N. The van der Waals surface area contributed by atoms with Crippen molar-refractivity contribution in [2.24, 2.45) is 5.73 Å². The fourth-order valence-electron chi connectivity index (χ4n) is 2.05. The second kappa shape index (κ2) is 6.66. The molecule has 2 rings (SSSR count). The minimum atomic E-state index is -0.442. The van der Waals surface area contributed by atoms with Crippen LogP contribution in [0.3, 0.4) is 0 Å². The molecular weight excluding hydrogens is 348 g/mol. The zero-order valence-electron chi connectivity index (χ0n) is 10.5. The van der Waals surface area contributed by atoms with Gasteiger partial charge in [0.25, 0.3) is 0 Å². The summed E-state index contributed by atoms with van der Waals surface area (Å²) in [5, 5.41) is 0.0848. The number of nitrogens with two attached hydrogens (primary N) is 1. The average molecular weight is 361 g/mol. The van der Waals surface area contributed by atoms with Gasteiger partial charge in [0.2, 0.25) is 0 Å². The fourth-order valence-corrected chi connectivity index (χ4v) is 2.67. The first-order valence-corrected chi connectivity index (χ1v) is 7.27. The van der Waals surface area contributed by atoms with Gasteiger partial charge in [0.1, 0.15) is 11.6 Å². The van der Waals surface area contributed by atoms with Crippen LogP contribution in [0.1, 0.15) is 11.1 Å². The molecule has 0 heterocycles. The predicted molar refractivity (Wildman–Crippen MR) is 80.9 cm³/mol. The van der Waals surface area contributed by atoms with Crippen LogP contribution < -0.4 is 5.73 Å². The molecule has 0 saturated carbocycles. The van der Waals surface area contributed by atoms with E-state index < -0.39 is 5.82 Å². The maximum Gasteiger partial charge on any atom is 0.145 e. The summed E-state index contributed by atoms with van der Waals surface area (Å²) < 4.78 is 27.6. The van der Waals surface area contributed by atoms with Crippen LogP contribution >= 0.6 is 27.5 Å². The van der Waals surface area contributed by atoms with Gasteiger partial charge in [-0.2, -0.15) is 0 Å². The lowest BCUT2D eigenvalue weighted by molar-refractivity contribution is 0.580. The normalized spacial score (nSPS) is 12.4. The van der Waals surface area contributed by atoms with E-state index in [1.165, 1.54) is 12.1 Å². The van der Waals surface area contributed by atoms with Gasteiger partial charge in [-0.3, -0.25) is 0 Å². The minimum Gasteiger partial charge on any atom is -0.327 e. The van der Waals surface area contributed by atoms with Crippen LogP contribution in [0, 0.1) is 11.6 Å². The van der Waals surface area contributed by atoms with Crippen LogP contribution in [-0.2, 0) is 12.8 Å². The molecule has 20 heavy (non-hydrogen) atoms. The van der Waals surface area contributed by atoms with Gasteiger partial charge < -0.3 is 5.73 Å². The van der Waals surface area contributed by atoms with Crippen LogP contribution in [0.4, 0.5) is 8.78 Å². The molecule has 2 aromatic rings. The van der Waals surface area contributed by atoms with Crippen molar-refractivity contribution in [3.05, 3.63) is 68.7 Å². The molecule has 0 fully saturated rings. The number of benzene rings is 2. The minimum absolute atomic E-state index is 0.0848. The van der Waals surface area contributed by atoms with Crippen LogP contribution in [0.25, 0.3) is 0 Å². The van der Waals surface area contributed by atoms with Crippen molar-refractivity contribution >= 4 is 27.5 Å². The van der Waals surface area contributed by atoms with Gasteiger partial charge in [-0.05, 0) is 52.0 Å². The maximum absolute atomic E-state index is 13.8. The molecule has 0 aliphatic carbocycles. The van der Waals surface area contributed by atoms with Crippen molar-refractivity contribution in [2.45, 2.75) is 18.9 Å². The van der Waals surface area contributed by atoms with Gasteiger partial charge in [0, 0.05) is 6.04 Å². The summed E-state index contributed by atoms with van der Waals surface area (Å²) >= 11 is 8.93. The highest BCUT2D eigenvalue weighted by atomic mass is 79.9. The van der Waals surface area contributed by atoms with Crippen molar-refractivity contribution < 1.29 is 8.78 Å². The summed E-state index contributed by atoms with van der Waals surface area (Å²) in [6.07, 6.45) is 0.791. The predicted octanol–water partition coefficient (Wildman–Crippen LogP) is 4.49. The van der Waals surface area contributed by atoms with E-state index in [1.807, 2.05) is 0 Å². The Morgan fingerprint density at radius 2 is 1.65 bits per heavy atom. The first kappa shape index (κ1) is 15.4. The van der Waals surface area contributed by atoms with E-state index in [1.54, 1.807) is 24.3 Å². The Morgan fingerprint density at radius 3 is 2.40 bits per heavy atom. The van der Waals surface area contributed by atoms with E-state index in [9.17, 15) is 8.78 Å². The highest BCUT2D eigenvalue weighted by Crippen LogP contribution is 2.23. The van der Waals surface area contributed by atoms with E-state index in [4.69, 9.17) is 17.3 Å². The van der Waals surface area contributed by atoms with Crippen molar-refractivity contribution in [3.8, 4) is 0 Å².